The van der Waals surface area contributed by atoms with E-state index in [-0.39, 0.29) is 11.8 Å². The van der Waals surface area contributed by atoms with Crippen LogP contribution in [0.1, 0.15) is 23.5 Å². The van der Waals surface area contributed by atoms with Crippen LogP contribution in [0, 0.1) is 0 Å². The van der Waals surface area contributed by atoms with Gasteiger partial charge in [0.2, 0.25) is 5.91 Å². The summed E-state index contributed by atoms with van der Waals surface area (Å²) < 4.78 is 0. The smallest absolute Gasteiger partial charge is 0.265 e. The first-order valence-corrected chi connectivity index (χ1v) is 10.7. The zero-order valence-electron chi connectivity index (χ0n) is 16.2. The summed E-state index contributed by atoms with van der Waals surface area (Å²) in [6, 6.07) is 7.50. The molecular formula is C20H25ClN4O2S. The lowest BCUT2D eigenvalue weighted by molar-refractivity contribution is -0.132. The Balaban J connectivity index is 1.57. The predicted octanol–water partition coefficient (Wildman–Crippen LogP) is 3.09. The van der Waals surface area contributed by atoms with Gasteiger partial charge in [0.05, 0.1) is 17.8 Å². The van der Waals surface area contributed by atoms with E-state index < -0.39 is 0 Å². The summed E-state index contributed by atoms with van der Waals surface area (Å²) in [5.41, 5.74) is 0.841. The number of carbonyl (C=O) groups excluding carboxylic acids is 2. The zero-order valence-corrected chi connectivity index (χ0v) is 17.8. The molecule has 1 saturated heterocycles. The van der Waals surface area contributed by atoms with Crippen molar-refractivity contribution in [2.75, 3.05) is 45.8 Å². The van der Waals surface area contributed by atoms with Crippen molar-refractivity contribution in [3.05, 3.63) is 40.4 Å². The Morgan fingerprint density at radius 3 is 2.46 bits per heavy atom. The molecule has 8 heteroatoms. The number of amides is 2. The van der Waals surface area contributed by atoms with E-state index in [0.29, 0.717) is 42.6 Å². The molecule has 0 spiro atoms. The standard InChI is InChI=1S/C20H25ClN4O2S/c1-3-24(4-2)18(26)14-23-9-11-25(12-10-23)20(27)17-13-22-19(28-17)15-7-5-6-8-16(15)21/h5-8,13H,3-4,9-12,14H2,1-2H3. The molecule has 0 radical (unpaired) electrons. The summed E-state index contributed by atoms with van der Waals surface area (Å²) >= 11 is 7.59. The lowest BCUT2D eigenvalue weighted by atomic mass is 10.2. The van der Waals surface area contributed by atoms with Crippen molar-refractivity contribution < 1.29 is 9.59 Å². The maximum atomic E-state index is 12.8. The van der Waals surface area contributed by atoms with Gasteiger partial charge in [0.25, 0.3) is 5.91 Å². The van der Waals surface area contributed by atoms with Crippen LogP contribution in [-0.4, -0.2) is 77.3 Å². The van der Waals surface area contributed by atoms with E-state index >= 15 is 0 Å². The molecular weight excluding hydrogens is 396 g/mol. The fourth-order valence-electron chi connectivity index (χ4n) is 3.26. The minimum absolute atomic E-state index is 0.00877. The van der Waals surface area contributed by atoms with Crippen LogP contribution in [-0.2, 0) is 4.79 Å². The monoisotopic (exact) mass is 420 g/mol. The number of likely N-dealkylation sites (N-methyl/N-ethyl adjacent to an activating group) is 1. The van der Waals surface area contributed by atoms with Crippen molar-refractivity contribution in [2.24, 2.45) is 0 Å². The molecule has 1 aliphatic rings. The highest BCUT2D eigenvalue weighted by molar-refractivity contribution is 7.17. The number of benzene rings is 1. The Morgan fingerprint density at radius 2 is 1.82 bits per heavy atom. The van der Waals surface area contributed by atoms with Crippen molar-refractivity contribution in [3.8, 4) is 10.6 Å². The van der Waals surface area contributed by atoms with E-state index in [1.54, 1.807) is 6.20 Å². The van der Waals surface area contributed by atoms with E-state index in [1.807, 2.05) is 47.9 Å². The maximum absolute atomic E-state index is 12.8. The van der Waals surface area contributed by atoms with Crippen LogP contribution in [0.25, 0.3) is 10.6 Å². The van der Waals surface area contributed by atoms with Gasteiger partial charge in [0.1, 0.15) is 9.88 Å². The van der Waals surface area contributed by atoms with Crippen LogP contribution in [0.15, 0.2) is 30.5 Å². The third kappa shape index (κ3) is 4.71. The Hall–Kier alpha value is -1.96. The summed E-state index contributed by atoms with van der Waals surface area (Å²) in [4.78, 5) is 35.9. The second kappa shape index (κ2) is 9.49. The third-order valence-corrected chi connectivity index (χ3v) is 6.30. The Morgan fingerprint density at radius 1 is 1.14 bits per heavy atom. The number of hydrogen-bond acceptors (Lipinski definition) is 5. The average molecular weight is 421 g/mol. The maximum Gasteiger partial charge on any atom is 0.265 e. The molecule has 2 heterocycles. The second-order valence-corrected chi connectivity index (χ2v) is 8.08. The molecule has 0 N–H and O–H groups in total. The van der Waals surface area contributed by atoms with Gasteiger partial charge in [-0.25, -0.2) is 4.98 Å². The van der Waals surface area contributed by atoms with Gasteiger partial charge in [-0.3, -0.25) is 14.5 Å². The first kappa shape index (κ1) is 20.8. The zero-order chi connectivity index (χ0) is 20.1. The summed E-state index contributed by atoms with van der Waals surface area (Å²) in [5, 5.41) is 1.37. The molecule has 150 valence electrons. The summed E-state index contributed by atoms with van der Waals surface area (Å²) in [5.74, 6) is 0.141. The largest absolute Gasteiger partial charge is 0.342 e. The van der Waals surface area contributed by atoms with E-state index in [2.05, 4.69) is 9.88 Å². The SMILES string of the molecule is CCN(CC)C(=O)CN1CCN(C(=O)c2cnc(-c3ccccc3Cl)s2)CC1. The highest BCUT2D eigenvalue weighted by Crippen LogP contribution is 2.31. The van der Waals surface area contributed by atoms with Gasteiger partial charge < -0.3 is 9.80 Å². The van der Waals surface area contributed by atoms with Gasteiger partial charge in [0.15, 0.2) is 0 Å². The second-order valence-electron chi connectivity index (χ2n) is 6.64. The number of halogens is 1. The van der Waals surface area contributed by atoms with Gasteiger partial charge in [-0.05, 0) is 19.9 Å². The van der Waals surface area contributed by atoms with Crippen LogP contribution in [0.2, 0.25) is 5.02 Å². The number of rotatable bonds is 6. The molecule has 0 aliphatic carbocycles. The molecule has 1 aromatic carbocycles. The van der Waals surface area contributed by atoms with Gasteiger partial charge >= 0.3 is 0 Å². The predicted molar refractivity (Wildman–Crippen MR) is 113 cm³/mol. The fourth-order valence-corrected chi connectivity index (χ4v) is 4.47. The number of carbonyl (C=O) groups is 2. The van der Waals surface area contributed by atoms with E-state index in [4.69, 9.17) is 11.6 Å². The lowest BCUT2D eigenvalue weighted by Gasteiger charge is -2.35. The van der Waals surface area contributed by atoms with Crippen molar-refractivity contribution in [3.63, 3.8) is 0 Å². The number of aromatic nitrogens is 1. The molecule has 1 fully saturated rings. The summed E-state index contributed by atoms with van der Waals surface area (Å²) in [6.45, 7) is 8.49. The highest BCUT2D eigenvalue weighted by Gasteiger charge is 2.25. The minimum atomic E-state index is -0.00877. The molecule has 3 rings (SSSR count). The van der Waals surface area contributed by atoms with Gasteiger partial charge in [0, 0.05) is 44.8 Å². The van der Waals surface area contributed by atoms with Crippen LogP contribution in [0.4, 0.5) is 0 Å². The summed E-state index contributed by atoms with van der Waals surface area (Å²) in [6.07, 6.45) is 1.63. The quantitative estimate of drug-likeness (QED) is 0.720. The molecule has 0 bridgehead atoms. The summed E-state index contributed by atoms with van der Waals surface area (Å²) in [7, 11) is 0. The van der Waals surface area contributed by atoms with Crippen molar-refractivity contribution in [2.45, 2.75) is 13.8 Å². The van der Waals surface area contributed by atoms with Crippen LogP contribution >= 0.6 is 22.9 Å². The first-order valence-electron chi connectivity index (χ1n) is 9.53. The van der Waals surface area contributed by atoms with Crippen molar-refractivity contribution >= 4 is 34.8 Å². The minimum Gasteiger partial charge on any atom is -0.342 e. The molecule has 1 aromatic heterocycles. The first-order chi connectivity index (χ1) is 13.5. The molecule has 0 unspecified atom stereocenters. The van der Waals surface area contributed by atoms with Crippen LogP contribution in [0.5, 0.6) is 0 Å². The highest BCUT2D eigenvalue weighted by atomic mass is 35.5. The molecule has 1 aliphatic heterocycles. The molecule has 28 heavy (non-hydrogen) atoms. The Bertz CT molecular complexity index is 829. The normalized spacial score (nSPS) is 14.9. The lowest BCUT2D eigenvalue weighted by Crippen LogP contribution is -2.51. The van der Waals surface area contributed by atoms with Crippen molar-refractivity contribution in [1.29, 1.82) is 0 Å². The molecule has 0 saturated carbocycles. The van der Waals surface area contributed by atoms with E-state index in [1.165, 1.54) is 11.3 Å². The Kier molecular flexibility index (Phi) is 7.04. The van der Waals surface area contributed by atoms with E-state index in [0.717, 1.165) is 23.7 Å². The number of piperazine rings is 1. The molecule has 0 atom stereocenters. The van der Waals surface area contributed by atoms with Gasteiger partial charge in [-0.15, -0.1) is 11.3 Å². The third-order valence-electron chi connectivity index (χ3n) is 4.96. The van der Waals surface area contributed by atoms with Crippen LogP contribution in [0.3, 0.4) is 0 Å². The van der Waals surface area contributed by atoms with E-state index in [9.17, 15) is 9.59 Å². The fraction of sp³-hybridized carbons (Fsp3) is 0.450. The van der Waals surface area contributed by atoms with Crippen LogP contribution < -0.4 is 0 Å². The Labute approximate surface area is 174 Å². The van der Waals surface area contributed by atoms with Gasteiger partial charge in [-0.2, -0.15) is 0 Å². The number of thiazole rings is 1. The average Bonchev–Trinajstić information content (AvgIpc) is 3.19. The molecule has 6 nitrogen and oxygen atoms in total. The number of nitrogens with zero attached hydrogens (tertiary/aromatic N) is 4. The van der Waals surface area contributed by atoms with Gasteiger partial charge in [-0.1, -0.05) is 29.8 Å². The molecule has 2 amide bonds. The topological polar surface area (TPSA) is 56.8 Å². The van der Waals surface area contributed by atoms with Crippen molar-refractivity contribution in [1.82, 2.24) is 19.7 Å². The molecule has 2 aromatic rings. The number of hydrogen-bond donors (Lipinski definition) is 0.